The smallest absolute Gasteiger partial charge is 0.253 e. The molecule has 7 heteroatoms. The third-order valence-corrected chi connectivity index (χ3v) is 4.96. The lowest BCUT2D eigenvalue weighted by molar-refractivity contribution is -0.116. The van der Waals surface area contributed by atoms with Crippen LogP contribution in [-0.4, -0.2) is 60.6 Å². The minimum Gasteiger partial charge on any atom is -0.336 e. The SMILES string of the molecule is CN1CCN(C(=O)c2ccc(NC(=O)CCC(=O)c3ccccc3F)cc2)CC1. The summed E-state index contributed by atoms with van der Waals surface area (Å²) in [6.07, 6.45) is -0.123. The van der Waals surface area contributed by atoms with Crippen molar-refractivity contribution in [1.82, 2.24) is 9.80 Å². The van der Waals surface area contributed by atoms with Crippen molar-refractivity contribution in [2.45, 2.75) is 12.8 Å². The molecule has 1 saturated heterocycles. The second-order valence-corrected chi connectivity index (χ2v) is 7.12. The van der Waals surface area contributed by atoms with Crippen LogP contribution in [-0.2, 0) is 4.79 Å². The molecular formula is C22H24FN3O3. The molecule has 0 aliphatic carbocycles. The molecule has 0 aromatic heterocycles. The van der Waals surface area contributed by atoms with Crippen LogP contribution < -0.4 is 5.32 Å². The molecule has 29 heavy (non-hydrogen) atoms. The zero-order valence-corrected chi connectivity index (χ0v) is 16.4. The number of anilines is 1. The van der Waals surface area contributed by atoms with Crippen molar-refractivity contribution in [3.05, 3.63) is 65.5 Å². The Hall–Kier alpha value is -3.06. The zero-order chi connectivity index (χ0) is 20.8. The number of hydrogen-bond donors (Lipinski definition) is 1. The van der Waals surface area contributed by atoms with Gasteiger partial charge in [0.15, 0.2) is 5.78 Å². The van der Waals surface area contributed by atoms with E-state index < -0.39 is 11.6 Å². The number of benzene rings is 2. The minimum absolute atomic E-state index is 0.00734. The lowest BCUT2D eigenvalue weighted by atomic mass is 10.1. The average molecular weight is 397 g/mol. The van der Waals surface area contributed by atoms with Crippen LogP contribution in [0.5, 0.6) is 0 Å². The Labute approximate surface area is 169 Å². The van der Waals surface area contributed by atoms with Gasteiger partial charge in [0.25, 0.3) is 5.91 Å². The third kappa shape index (κ3) is 5.48. The molecule has 6 nitrogen and oxygen atoms in total. The second kappa shape index (κ2) is 9.43. The molecule has 0 spiro atoms. The quantitative estimate of drug-likeness (QED) is 0.761. The maximum Gasteiger partial charge on any atom is 0.253 e. The number of ketones is 1. The largest absolute Gasteiger partial charge is 0.336 e. The number of piperazine rings is 1. The van der Waals surface area contributed by atoms with Crippen LogP contribution in [0.25, 0.3) is 0 Å². The van der Waals surface area contributed by atoms with Crippen LogP contribution in [0.15, 0.2) is 48.5 Å². The van der Waals surface area contributed by atoms with E-state index in [9.17, 15) is 18.8 Å². The maximum atomic E-state index is 13.6. The summed E-state index contributed by atoms with van der Waals surface area (Å²) in [4.78, 5) is 40.7. The van der Waals surface area contributed by atoms with Gasteiger partial charge in [-0.05, 0) is 43.4 Å². The number of nitrogens with one attached hydrogen (secondary N) is 1. The lowest BCUT2D eigenvalue weighted by Crippen LogP contribution is -2.47. The third-order valence-electron chi connectivity index (χ3n) is 4.96. The number of carbonyl (C=O) groups is 3. The maximum absolute atomic E-state index is 13.6. The van der Waals surface area contributed by atoms with Crippen molar-refractivity contribution < 1.29 is 18.8 Å². The van der Waals surface area contributed by atoms with Gasteiger partial charge in [-0.3, -0.25) is 14.4 Å². The molecule has 1 N–H and O–H groups in total. The van der Waals surface area contributed by atoms with Crippen LogP contribution >= 0.6 is 0 Å². The molecule has 0 saturated carbocycles. The summed E-state index contributed by atoms with van der Waals surface area (Å²) in [6, 6.07) is 12.4. The summed E-state index contributed by atoms with van der Waals surface area (Å²) in [5, 5.41) is 2.70. The number of halogens is 1. The summed E-state index contributed by atoms with van der Waals surface area (Å²) >= 11 is 0. The average Bonchev–Trinajstić information content (AvgIpc) is 2.73. The first-order chi connectivity index (χ1) is 13.9. The van der Waals surface area contributed by atoms with Gasteiger partial charge in [0.05, 0.1) is 5.56 Å². The molecule has 0 unspecified atom stereocenters. The Morgan fingerprint density at radius 3 is 2.24 bits per heavy atom. The first-order valence-corrected chi connectivity index (χ1v) is 9.59. The first kappa shape index (κ1) is 20.7. The second-order valence-electron chi connectivity index (χ2n) is 7.12. The predicted molar refractivity (Wildman–Crippen MR) is 108 cm³/mol. The summed E-state index contributed by atoms with van der Waals surface area (Å²) in [5.74, 6) is -1.36. The van der Waals surface area contributed by atoms with E-state index in [1.165, 1.54) is 18.2 Å². The lowest BCUT2D eigenvalue weighted by Gasteiger charge is -2.32. The fraction of sp³-hybridized carbons (Fsp3) is 0.318. The van der Waals surface area contributed by atoms with Gasteiger partial charge < -0.3 is 15.1 Å². The van der Waals surface area contributed by atoms with E-state index in [1.54, 1.807) is 30.3 Å². The van der Waals surface area contributed by atoms with Gasteiger partial charge in [-0.15, -0.1) is 0 Å². The van der Waals surface area contributed by atoms with E-state index in [1.807, 2.05) is 11.9 Å². The number of amides is 2. The van der Waals surface area contributed by atoms with Gasteiger partial charge in [-0.1, -0.05) is 12.1 Å². The van der Waals surface area contributed by atoms with Crippen LogP contribution in [0.3, 0.4) is 0 Å². The normalized spacial score (nSPS) is 14.5. The molecule has 0 atom stereocenters. The highest BCUT2D eigenvalue weighted by Crippen LogP contribution is 2.15. The molecule has 1 heterocycles. The Bertz CT molecular complexity index is 890. The molecule has 0 bridgehead atoms. The molecule has 1 fully saturated rings. The van der Waals surface area contributed by atoms with Gasteiger partial charge in [0, 0.05) is 50.3 Å². The summed E-state index contributed by atoms with van der Waals surface area (Å²) in [6.45, 7) is 3.10. The Balaban J connectivity index is 1.50. The molecule has 2 aromatic carbocycles. The van der Waals surface area contributed by atoms with Crippen molar-refractivity contribution in [3.63, 3.8) is 0 Å². The van der Waals surface area contributed by atoms with E-state index in [4.69, 9.17) is 0 Å². The van der Waals surface area contributed by atoms with E-state index in [2.05, 4.69) is 10.2 Å². The van der Waals surface area contributed by atoms with Crippen molar-refractivity contribution >= 4 is 23.3 Å². The van der Waals surface area contributed by atoms with E-state index in [0.29, 0.717) is 24.3 Å². The number of Topliss-reactive ketones (excluding diaryl/α,β-unsaturated/α-hetero) is 1. The first-order valence-electron chi connectivity index (χ1n) is 9.59. The molecule has 3 rings (SSSR count). The van der Waals surface area contributed by atoms with E-state index in [-0.39, 0.29) is 30.2 Å². The van der Waals surface area contributed by atoms with Gasteiger partial charge in [0.1, 0.15) is 5.82 Å². The molecule has 2 aromatic rings. The standard InChI is InChI=1S/C22H24FN3O3/c1-25-12-14-26(15-13-25)22(29)16-6-8-17(9-7-16)24-21(28)11-10-20(27)18-4-2-3-5-19(18)23/h2-9H,10-15H2,1H3,(H,24,28). The molecular weight excluding hydrogens is 373 g/mol. The highest BCUT2D eigenvalue weighted by molar-refractivity contribution is 6.00. The molecule has 1 aliphatic heterocycles. The van der Waals surface area contributed by atoms with E-state index in [0.717, 1.165) is 13.1 Å². The van der Waals surface area contributed by atoms with Crippen LogP contribution in [0.1, 0.15) is 33.6 Å². The number of carbonyl (C=O) groups excluding carboxylic acids is 3. The molecule has 2 amide bonds. The van der Waals surface area contributed by atoms with Crippen LogP contribution in [0.2, 0.25) is 0 Å². The van der Waals surface area contributed by atoms with Crippen molar-refractivity contribution in [2.75, 3.05) is 38.5 Å². The Kier molecular flexibility index (Phi) is 6.72. The highest BCUT2D eigenvalue weighted by Gasteiger charge is 2.20. The van der Waals surface area contributed by atoms with Crippen molar-refractivity contribution in [3.8, 4) is 0 Å². The van der Waals surface area contributed by atoms with Gasteiger partial charge in [-0.2, -0.15) is 0 Å². The van der Waals surface area contributed by atoms with Crippen LogP contribution in [0.4, 0.5) is 10.1 Å². The molecule has 0 radical (unpaired) electrons. The summed E-state index contributed by atoms with van der Waals surface area (Å²) in [7, 11) is 2.03. The zero-order valence-electron chi connectivity index (χ0n) is 16.4. The van der Waals surface area contributed by atoms with Crippen LogP contribution in [0, 0.1) is 5.82 Å². The Morgan fingerprint density at radius 1 is 0.931 bits per heavy atom. The molecule has 1 aliphatic rings. The fourth-order valence-electron chi connectivity index (χ4n) is 3.16. The highest BCUT2D eigenvalue weighted by atomic mass is 19.1. The topological polar surface area (TPSA) is 69.7 Å². The van der Waals surface area contributed by atoms with Crippen molar-refractivity contribution in [1.29, 1.82) is 0 Å². The Morgan fingerprint density at radius 2 is 1.59 bits per heavy atom. The number of likely N-dealkylation sites (N-methyl/N-ethyl adjacent to an activating group) is 1. The minimum atomic E-state index is -0.585. The fourth-order valence-corrected chi connectivity index (χ4v) is 3.16. The van der Waals surface area contributed by atoms with Gasteiger partial charge in [0.2, 0.25) is 5.91 Å². The number of rotatable bonds is 6. The van der Waals surface area contributed by atoms with E-state index >= 15 is 0 Å². The molecule has 152 valence electrons. The monoisotopic (exact) mass is 397 g/mol. The van der Waals surface area contributed by atoms with Gasteiger partial charge >= 0.3 is 0 Å². The van der Waals surface area contributed by atoms with Gasteiger partial charge in [-0.25, -0.2) is 4.39 Å². The summed E-state index contributed by atoms with van der Waals surface area (Å²) in [5.41, 5.74) is 1.11. The summed E-state index contributed by atoms with van der Waals surface area (Å²) < 4.78 is 13.6. The predicted octanol–water partition coefficient (Wildman–Crippen LogP) is 2.81. The number of nitrogens with zero attached hydrogens (tertiary/aromatic N) is 2. The van der Waals surface area contributed by atoms with Crippen molar-refractivity contribution in [2.24, 2.45) is 0 Å². The number of hydrogen-bond acceptors (Lipinski definition) is 4.